The number of benzene rings is 2. The number of aromatic amines is 1. The summed E-state index contributed by atoms with van der Waals surface area (Å²) >= 11 is 5.89. The van der Waals surface area contributed by atoms with Gasteiger partial charge >= 0.3 is 0 Å². The zero-order valence-electron chi connectivity index (χ0n) is 13.3. The van der Waals surface area contributed by atoms with Gasteiger partial charge in [0.2, 0.25) is 5.82 Å². The number of hydrogen-bond acceptors (Lipinski definition) is 4. The van der Waals surface area contributed by atoms with Crippen LogP contribution in [-0.4, -0.2) is 31.0 Å². The lowest BCUT2D eigenvalue weighted by molar-refractivity contribution is 0.0920. The zero-order valence-corrected chi connectivity index (χ0v) is 14.1. The monoisotopic (exact) mass is 351 g/mol. The van der Waals surface area contributed by atoms with E-state index in [0.717, 1.165) is 16.5 Å². The molecule has 0 aliphatic carbocycles. The van der Waals surface area contributed by atoms with Crippen LogP contribution >= 0.6 is 11.6 Å². The summed E-state index contributed by atoms with van der Waals surface area (Å²) in [4.78, 5) is 17.3. The molecular weight excluding hydrogens is 338 g/mol. The van der Waals surface area contributed by atoms with Crippen LogP contribution in [0.1, 0.15) is 23.3 Å². The van der Waals surface area contributed by atoms with Gasteiger partial charge in [-0.1, -0.05) is 29.8 Å². The van der Waals surface area contributed by atoms with Crippen molar-refractivity contribution < 1.29 is 4.79 Å². The maximum Gasteiger partial charge on any atom is 0.204 e. The molecular formula is C18H14ClN5O. The van der Waals surface area contributed by atoms with Gasteiger partial charge in [-0.3, -0.25) is 4.79 Å². The second-order valence-electron chi connectivity index (χ2n) is 5.73. The van der Waals surface area contributed by atoms with E-state index in [2.05, 4.69) is 20.4 Å². The van der Waals surface area contributed by atoms with E-state index >= 15 is 0 Å². The number of Topliss-reactive ketones (excluding diaryl/α,β-unsaturated/α-hetero) is 1. The first-order valence-electron chi connectivity index (χ1n) is 7.79. The molecule has 0 spiro atoms. The van der Waals surface area contributed by atoms with Crippen molar-refractivity contribution >= 4 is 28.3 Å². The number of halogens is 1. The minimum atomic E-state index is -0.562. The minimum Gasteiger partial charge on any atom is -0.360 e. The molecule has 25 heavy (non-hydrogen) atoms. The van der Waals surface area contributed by atoms with Crippen LogP contribution < -0.4 is 0 Å². The van der Waals surface area contributed by atoms with E-state index in [4.69, 9.17) is 11.6 Å². The summed E-state index contributed by atoms with van der Waals surface area (Å²) in [5, 5.41) is 13.9. The van der Waals surface area contributed by atoms with Gasteiger partial charge in [0.25, 0.3) is 0 Å². The third-order valence-electron chi connectivity index (χ3n) is 4.11. The molecule has 0 aliphatic heterocycles. The standard InChI is InChI=1S/C18H14ClN5O/c1-11(17(25)15-10-20-16-5-3-2-4-14(15)16)24-22-18(21-23-24)12-6-8-13(19)9-7-12/h2-11,20H,1H3/t11-/m0/s1. The fourth-order valence-corrected chi connectivity index (χ4v) is 2.84. The first kappa shape index (κ1) is 15.5. The molecule has 6 nitrogen and oxygen atoms in total. The van der Waals surface area contributed by atoms with Crippen molar-refractivity contribution in [2.75, 3.05) is 0 Å². The van der Waals surface area contributed by atoms with Gasteiger partial charge in [-0.15, -0.1) is 10.2 Å². The summed E-state index contributed by atoms with van der Waals surface area (Å²) in [7, 11) is 0. The van der Waals surface area contributed by atoms with E-state index in [1.165, 1.54) is 4.80 Å². The summed E-state index contributed by atoms with van der Waals surface area (Å²) in [5.41, 5.74) is 2.34. The number of fused-ring (bicyclic) bond motifs is 1. The Balaban J connectivity index is 1.63. The maximum absolute atomic E-state index is 12.8. The Kier molecular flexibility index (Phi) is 3.82. The van der Waals surface area contributed by atoms with E-state index in [9.17, 15) is 4.79 Å². The number of nitrogens with one attached hydrogen (secondary N) is 1. The highest BCUT2D eigenvalue weighted by atomic mass is 35.5. The van der Waals surface area contributed by atoms with Gasteiger partial charge in [-0.25, -0.2) is 0 Å². The number of carbonyl (C=O) groups excluding carboxylic acids is 1. The molecule has 0 fully saturated rings. The molecule has 0 radical (unpaired) electrons. The Bertz CT molecular complexity index is 1050. The van der Waals surface area contributed by atoms with Crippen molar-refractivity contribution in [2.24, 2.45) is 0 Å². The lowest BCUT2D eigenvalue weighted by atomic mass is 10.1. The third kappa shape index (κ3) is 2.81. The minimum absolute atomic E-state index is 0.0718. The van der Waals surface area contributed by atoms with Crippen LogP contribution in [-0.2, 0) is 0 Å². The Morgan fingerprint density at radius 2 is 1.92 bits per heavy atom. The first-order chi connectivity index (χ1) is 12.1. The topological polar surface area (TPSA) is 76.5 Å². The Morgan fingerprint density at radius 1 is 1.16 bits per heavy atom. The highest BCUT2D eigenvalue weighted by molar-refractivity contribution is 6.30. The summed E-state index contributed by atoms with van der Waals surface area (Å²) in [5.74, 6) is 0.382. The molecule has 1 N–H and O–H groups in total. The molecule has 0 unspecified atom stereocenters. The second kappa shape index (κ2) is 6.14. The molecule has 2 heterocycles. The summed E-state index contributed by atoms with van der Waals surface area (Å²) < 4.78 is 0. The molecule has 0 saturated heterocycles. The van der Waals surface area contributed by atoms with Gasteiger partial charge in [0.1, 0.15) is 6.04 Å². The largest absolute Gasteiger partial charge is 0.360 e. The number of ketones is 1. The highest BCUT2D eigenvalue weighted by Gasteiger charge is 2.22. The van der Waals surface area contributed by atoms with E-state index < -0.39 is 6.04 Å². The number of hydrogen-bond donors (Lipinski definition) is 1. The molecule has 7 heteroatoms. The SMILES string of the molecule is C[C@@H](C(=O)c1c[nH]c2ccccc12)n1nnc(-c2ccc(Cl)cc2)n1. The summed E-state index contributed by atoms with van der Waals surface area (Å²) in [6.45, 7) is 1.76. The van der Waals surface area contributed by atoms with Crippen LogP contribution in [0.4, 0.5) is 0 Å². The molecule has 0 amide bonds. The molecule has 0 bridgehead atoms. The van der Waals surface area contributed by atoms with Crippen molar-refractivity contribution in [3.05, 3.63) is 65.3 Å². The maximum atomic E-state index is 12.8. The highest BCUT2D eigenvalue weighted by Crippen LogP contribution is 2.23. The average molecular weight is 352 g/mol. The van der Waals surface area contributed by atoms with Gasteiger partial charge in [-0.05, 0) is 42.5 Å². The molecule has 2 aromatic heterocycles. The number of H-pyrrole nitrogens is 1. The van der Waals surface area contributed by atoms with Crippen LogP contribution in [0.2, 0.25) is 5.02 Å². The van der Waals surface area contributed by atoms with Crippen LogP contribution in [0.15, 0.2) is 54.7 Å². The summed E-state index contributed by atoms with van der Waals surface area (Å²) in [6.07, 6.45) is 1.72. The summed E-state index contributed by atoms with van der Waals surface area (Å²) in [6, 6.07) is 14.3. The van der Waals surface area contributed by atoms with E-state index in [1.807, 2.05) is 36.4 Å². The first-order valence-corrected chi connectivity index (χ1v) is 8.17. The number of aromatic nitrogens is 5. The average Bonchev–Trinajstić information content (AvgIpc) is 3.28. The number of para-hydroxylation sites is 1. The van der Waals surface area contributed by atoms with E-state index in [1.54, 1.807) is 25.3 Å². The Hall–Kier alpha value is -2.99. The Morgan fingerprint density at radius 3 is 2.72 bits per heavy atom. The van der Waals surface area contributed by atoms with Gasteiger partial charge in [0.15, 0.2) is 5.78 Å². The van der Waals surface area contributed by atoms with E-state index in [0.29, 0.717) is 16.4 Å². The van der Waals surface area contributed by atoms with Crippen LogP contribution in [0.25, 0.3) is 22.3 Å². The molecule has 4 aromatic rings. The zero-order chi connectivity index (χ0) is 17.4. The fraction of sp³-hybridized carbons (Fsp3) is 0.111. The van der Waals surface area contributed by atoms with Crippen LogP contribution in [0.5, 0.6) is 0 Å². The molecule has 1 atom stereocenters. The van der Waals surface area contributed by atoms with Gasteiger partial charge in [-0.2, -0.15) is 4.80 Å². The fourth-order valence-electron chi connectivity index (χ4n) is 2.71. The van der Waals surface area contributed by atoms with Crippen LogP contribution in [0, 0.1) is 0 Å². The molecule has 0 aliphatic rings. The third-order valence-corrected chi connectivity index (χ3v) is 4.36. The number of nitrogens with zero attached hydrogens (tertiary/aromatic N) is 4. The van der Waals surface area contributed by atoms with Crippen molar-refractivity contribution in [1.29, 1.82) is 0 Å². The number of rotatable bonds is 4. The molecule has 2 aromatic carbocycles. The lowest BCUT2D eigenvalue weighted by Gasteiger charge is -2.07. The smallest absolute Gasteiger partial charge is 0.204 e. The van der Waals surface area contributed by atoms with Gasteiger partial charge < -0.3 is 4.98 Å². The Labute approximate surface area is 148 Å². The van der Waals surface area contributed by atoms with Crippen molar-refractivity contribution in [2.45, 2.75) is 13.0 Å². The number of carbonyl (C=O) groups is 1. The van der Waals surface area contributed by atoms with E-state index in [-0.39, 0.29) is 5.78 Å². The lowest BCUT2D eigenvalue weighted by Crippen LogP contribution is -2.19. The molecule has 4 rings (SSSR count). The predicted molar refractivity (Wildman–Crippen MR) is 95.6 cm³/mol. The predicted octanol–water partition coefficient (Wildman–Crippen LogP) is 3.92. The van der Waals surface area contributed by atoms with Crippen molar-refractivity contribution in [3.63, 3.8) is 0 Å². The van der Waals surface area contributed by atoms with Crippen molar-refractivity contribution in [3.8, 4) is 11.4 Å². The molecule has 124 valence electrons. The molecule has 0 saturated carbocycles. The van der Waals surface area contributed by atoms with Gasteiger partial charge in [0.05, 0.1) is 0 Å². The number of tetrazole rings is 1. The van der Waals surface area contributed by atoms with Crippen LogP contribution in [0.3, 0.4) is 0 Å². The van der Waals surface area contributed by atoms with Gasteiger partial charge in [0, 0.05) is 33.2 Å². The van der Waals surface area contributed by atoms with Crippen molar-refractivity contribution in [1.82, 2.24) is 25.2 Å². The normalized spacial score (nSPS) is 12.4. The second-order valence-corrected chi connectivity index (χ2v) is 6.16. The quantitative estimate of drug-likeness (QED) is 0.565.